The highest BCUT2D eigenvalue weighted by atomic mass is 16.4. The van der Waals surface area contributed by atoms with E-state index in [1.807, 2.05) is 24.3 Å². The van der Waals surface area contributed by atoms with Gasteiger partial charge in [0, 0.05) is 29.9 Å². The number of carboxylic acids is 1. The Bertz CT molecular complexity index is 610. The second-order valence-corrected chi connectivity index (χ2v) is 5.07. The fourth-order valence-corrected chi connectivity index (χ4v) is 2.32. The third-order valence-corrected chi connectivity index (χ3v) is 3.41. The second-order valence-electron chi connectivity index (χ2n) is 5.07. The molecule has 0 aliphatic rings. The molecule has 20 heavy (non-hydrogen) atoms. The summed E-state index contributed by atoms with van der Waals surface area (Å²) >= 11 is 0. The van der Waals surface area contributed by atoms with Gasteiger partial charge >= 0.3 is 5.97 Å². The number of aliphatic hydroxyl groups excluding tert-OH is 1. The molecular weight excluding hydrogens is 260 g/mol. The van der Waals surface area contributed by atoms with Gasteiger partial charge in [-0.15, -0.1) is 0 Å². The van der Waals surface area contributed by atoms with Crippen LogP contribution in [0.1, 0.15) is 12.0 Å². The molecule has 0 saturated heterocycles. The number of H-pyrrole nitrogens is 1. The Morgan fingerprint density at radius 2 is 2.10 bits per heavy atom. The fraction of sp³-hybridized carbons (Fsp3) is 0.357. The lowest BCUT2D eigenvalue weighted by Crippen LogP contribution is -2.45. The number of aliphatic hydroxyl groups is 2. The minimum atomic E-state index is -1.55. The van der Waals surface area contributed by atoms with Crippen molar-refractivity contribution in [2.75, 3.05) is 6.61 Å². The molecular formula is C14H18N2O4. The fourth-order valence-electron chi connectivity index (χ4n) is 2.32. The van der Waals surface area contributed by atoms with Crippen LogP contribution >= 0.6 is 0 Å². The summed E-state index contributed by atoms with van der Waals surface area (Å²) in [6.45, 7) is -0.548. The molecule has 0 amide bonds. The molecule has 6 N–H and O–H groups in total. The zero-order chi connectivity index (χ0) is 14.8. The Morgan fingerprint density at radius 3 is 2.75 bits per heavy atom. The topological polar surface area (TPSA) is 120 Å². The van der Waals surface area contributed by atoms with E-state index in [9.17, 15) is 15.0 Å². The number of aromatic nitrogens is 1. The van der Waals surface area contributed by atoms with Gasteiger partial charge in [-0.3, -0.25) is 4.79 Å². The molecule has 1 aromatic heterocycles. The number of carbonyl (C=O) groups is 1. The Morgan fingerprint density at radius 1 is 1.40 bits per heavy atom. The van der Waals surface area contributed by atoms with Gasteiger partial charge in [-0.2, -0.15) is 0 Å². The molecule has 108 valence electrons. The van der Waals surface area contributed by atoms with Crippen LogP contribution in [-0.4, -0.2) is 44.5 Å². The van der Waals surface area contributed by atoms with Gasteiger partial charge in [-0.05, 0) is 11.6 Å². The van der Waals surface area contributed by atoms with Crippen molar-refractivity contribution >= 4 is 16.9 Å². The van der Waals surface area contributed by atoms with Crippen LogP contribution in [0.3, 0.4) is 0 Å². The number of hydrogen-bond donors (Lipinski definition) is 5. The normalized spacial score (nSPS) is 15.9. The number of fused-ring (bicyclic) bond motifs is 1. The highest BCUT2D eigenvalue weighted by Gasteiger charge is 2.32. The third kappa shape index (κ3) is 2.98. The number of hydrogen-bond acceptors (Lipinski definition) is 4. The number of carboxylic acid groups (broad SMARTS) is 1. The zero-order valence-electron chi connectivity index (χ0n) is 10.9. The van der Waals surface area contributed by atoms with Crippen molar-refractivity contribution < 1.29 is 20.1 Å². The van der Waals surface area contributed by atoms with E-state index in [1.165, 1.54) is 0 Å². The minimum absolute atomic E-state index is 0.133. The third-order valence-electron chi connectivity index (χ3n) is 3.41. The maximum absolute atomic E-state index is 10.8. The van der Waals surface area contributed by atoms with Gasteiger partial charge in [0.2, 0.25) is 0 Å². The smallest absolute Gasteiger partial charge is 0.320 e. The summed E-state index contributed by atoms with van der Waals surface area (Å²) in [4.78, 5) is 13.9. The molecule has 0 radical (unpaired) electrons. The average Bonchev–Trinajstić information content (AvgIpc) is 2.82. The Labute approximate surface area is 115 Å². The first kappa shape index (κ1) is 14.5. The van der Waals surface area contributed by atoms with E-state index in [4.69, 9.17) is 10.8 Å². The van der Waals surface area contributed by atoms with Crippen LogP contribution < -0.4 is 5.73 Å². The monoisotopic (exact) mass is 278 g/mol. The number of nitrogens with two attached hydrogens (primary N) is 1. The van der Waals surface area contributed by atoms with Gasteiger partial charge in [0.25, 0.3) is 0 Å². The highest BCUT2D eigenvalue weighted by Crippen LogP contribution is 2.24. The van der Waals surface area contributed by atoms with E-state index in [1.54, 1.807) is 6.20 Å². The Hall–Kier alpha value is -1.89. The lowest BCUT2D eigenvalue weighted by molar-refractivity contribution is -0.140. The van der Waals surface area contributed by atoms with Crippen molar-refractivity contribution in [2.24, 2.45) is 5.73 Å². The largest absolute Gasteiger partial charge is 0.480 e. The quantitative estimate of drug-likeness (QED) is 0.518. The first-order valence-electron chi connectivity index (χ1n) is 6.32. The van der Waals surface area contributed by atoms with Gasteiger partial charge in [0.15, 0.2) is 0 Å². The molecule has 0 bridgehead atoms. The maximum atomic E-state index is 10.8. The number of aliphatic carboxylic acids is 1. The van der Waals surface area contributed by atoms with E-state index in [-0.39, 0.29) is 12.8 Å². The van der Waals surface area contributed by atoms with Crippen LogP contribution in [0, 0.1) is 0 Å². The Balaban J connectivity index is 2.23. The zero-order valence-corrected chi connectivity index (χ0v) is 10.9. The number of aromatic amines is 1. The Kier molecular flexibility index (Phi) is 4.08. The van der Waals surface area contributed by atoms with Crippen LogP contribution in [0.5, 0.6) is 0 Å². The summed E-state index contributed by atoms with van der Waals surface area (Å²) in [6, 6.07) is 6.36. The van der Waals surface area contributed by atoms with Gasteiger partial charge < -0.3 is 26.0 Å². The lowest BCUT2D eigenvalue weighted by Gasteiger charge is -2.27. The molecule has 0 unspecified atom stereocenters. The summed E-state index contributed by atoms with van der Waals surface area (Å²) in [5.74, 6) is -1.20. The van der Waals surface area contributed by atoms with E-state index in [0.717, 1.165) is 16.5 Å². The van der Waals surface area contributed by atoms with Crippen LogP contribution in [0.25, 0.3) is 10.9 Å². The highest BCUT2D eigenvalue weighted by molar-refractivity contribution is 5.83. The van der Waals surface area contributed by atoms with Gasteiger partial charge in [-0.25, -0.2) is 0 Å². The first-order valence-corrected chi connectivity index (χ1v) is 6.32. The molecule has 1 heterocycles. The summed E-state index contributed by atoms with van der Waals surface area (Å²) in [5, 5.41) is 29.5. The first-order chi connectivity index (χ1) is 9.45. The van der Waals surface area contributed by atoms with Crippen LogP contribution in [-0.2, 0) is 11.2 Å². The molecule has 6 heteroatoms. The minimum Gasteiger partial charge on any atom is -0.480 e. The van der Waals surface area contributed by atoms with Gasteiger partial charge in [-0.1, -0.05) is 18.2 Å². The lowest BCUT2D eigenvalue weighted by atomic mass is 9.89. The molecule has 0 spiro atoms. The molecule has 0 aliphatic carbocycles. The van der Waals surface area contributed by atoms with Crippen LogP contribution in [0.4, 0.5) is 0 Å². The molecule has 6 nitrogen and oxygen atoms in total. The van der Waals surface area contributed by atoms with Crippen molar-refractivity contribution in [1.29, 1.82) is 0 Å². The molecule has 0 aliphatic heterocycles. The van der Waals surface area contributed by atoms with Crippen molar-refractivity contribution in [3.8, 4) is 0 Å². The predicted molar refractivity (Wildman–Crippen MR) is 74.3 cm³/mol. The number of para-hydroxylation sites is 1. The van der Waals surface area contributed by atoms with Crippen molar-refractivity contribution in [3.63, 3.8) is 0 Å². The number of nitrogens with one attached hydrogen (secondary N) is 1. The van der Waals surface area contributed by atoms with E-state index in [2.05, 4.69) is 4.98 Å². The van der Waals surface area contributed by atoms with E-state index >= 15 is 0 Å². The molecule has 2 aromatic rings. The van der Waals surface area contributed by atoms with E-state index < -0.39 is 24.2 Å². The summed E-state index contributed by atoms with van der Waals surface area (Å²) in [7, 11) is 0. The number of benzene rings is 1. The predicted octanol–water partition coefficient (Wildman–Crippen LogP) is 0.236. The molecule has 0 fully saturated rings. The van der Waals surface area contributed by atoms with Crippen LogP contribution in [0.15, 0.2) is 30.5 Å². The summed E-state index contributed by atoms with van der Waals surface area (Å²) < 4.78 is 0. The SMILES string of the molecule is N[C@H](C[C@](O)(CO)Cc1c[nH]c2ccccc12)C(=O)O. The van der Waals surface area contributed by atoms with Gasteiger partial charge in [0.05, 0.1) is 12.2 Å². The van der Waals surface area contributed by atoms with Crippen LogP contribution in [0.2, 0.25) is 0 Å². The average molecular weight is 278 g/mol. The molecule has 1 aromatic carbocycles. The van der Waals surface area contributed by atoms with Crippen molar-refractivity contribution in [1.82, 2.24) is 4.98 Å². The number of rotatable bonds is 6. The van der Waals surface area contributed by atoms with E-state index in [0.29, 0.717) is 0 Å². The summed E-state index contributed by atoms with van der Waals surface area (Å²) in [5.41, 5.74) is 5.62. The van der Waals surface area contributed by atoms with Crippen molar-refractivity contribution in [3.05, 3.63) is 36.0 Å². The maximum Gasteiger partial charge on any atom is 0.320 e. The summed E-state index contributed by atoms with van der Waals surface area (Å²) in [6.07, 6.45) is 1.67. The van der Waals surface area contributed by atoms with Gasteiger partial charge in [0.1, 0.15) is 6.04 Å². The molecule has 0 saturated carbocycles. The standard InChI is InChI=1S/C14H18N2O4/c15-11(13(18)19)6-14(20,8-17)5-9-7-16-12-4-2-1-3-10(9)12/h1-4,7,11,16-17,20H,5-6,8,15H2,(H,18,19)/t11-,14+/m1/s1. The molecule has 2 atom stereocenters. The second kappa shape index (κ2) is 5.62. The molecule has 2 rings (SSSR count). The van der Waals surface area contributed by atoms with Crippen molar-refractivity contribution in [2.45, 2.75) is 24.5 Å².